The maximum atomic E-state index is 14.1. The lowest BCUT2D eigenvalue weighted by Crippen LogP contribution is -2.22. The first kappa shape index (κ1) is 20.3. The van der Waals surface area contributed by atoms with E-state index in [0.29, 0.717) is 23.0 Å². The van der Waals surface area contributed by atoms with Gasteiger partial charge in [0, 0.05) is 28.6 Å². The predicted octanol–water partition coefficient (Wildman–Crippen LogP) is 4.60. The van der Waals surface area contributed by atoms with E-state index in [1.807, 2.05) is 30.3 Å². The molecule has 1 amide bonds. The van der Waals surface area contributed by atoms with E-state index < -0.39 is 17.6 Å². The lowest BCUT2D eigenvalue weighted by molar-refractivity contribution is 0.0686. The van der Waals surface area contributed by atoms with Gasteiger partial charge in [0.1, 0.15) is 17.3 Å². The fourth-order valence-electron chi connectivity index (χ4n) is 3.47. The number of carboxylic acid groups (broad SMARTS) is 1. The van der Waals surface area contributed by atoms with Gasteiger partial charge < -0.3 is 15.0 Å². The molecule has 0 aliphatic heterocycles. The van der Waals surface area contributed by atoms with E-state index in [1.165, 1.54) is 10.6 Å². The maximum Gasteiger partial charge on any atom is 0.352 e. The van der Waals surface area contributed by atoms with Crippen molar-refractivity contribution in [2.45, 2.75) is 13.1 Å². The zero-order valence-electron chi connectivity index (χ0n) is 16.3. The van der Waals surface area contributed by atoms with Crippen LogP contribution in [0.5, 0.6) is 0 Å². The Morgan fingerprint density at radius 3 is 2.45 bits per heavy atom. The van der Waals surface area contributed by atoms with Crippen molar-refractivity contribution in [3.05, 3.63) is 107 Å². The summed E-state index contributed by atoms with van der Waals surface area (Å²) in [4.78, 5) is 24.3. The summed E-state index contributed by atoms with van der Waals surface area (Å²) in [6.07, 6.45) is 0. The van der Waals surface area contributed by atoms with Gasteiger partial charge in [-0.15, -0.1) is 0 Å². The lowest BCUT2D eigenvalue weighted by Gasteiger charge is -2.10. The zero-order valence-corrected chi connectivity index (χ0v) is 16.3. The number of amides is 1. The Labute approximate surface area is 176 Å². The second-order valence-corrected chi connectivity index (χ2v) is 7.10. The molecule has 4 rings (SSSR count). The van der Waals surface area contributed by atoms with Crippen molar-refractivity contribution in [1.82, 2.24) is 9.88 Å². The first-order chi connectivity index (χ1) is 14.9. The van der Waals surface area contributed by atoms with Crippen LogP contribution in [0.1, 0.15) is 32.0 Å². The Bertz CT molecular complexity index is 1280. The number of carboxylic acids is 1. The number of nitrogens with one attached hydrogen (secondary N) is 1. The monoisotopic (exact) mass is 420 g/mol. The van der Waals surface area contributed by atoms with Crippen LogP contribution in [-0.2, 0) is 13.1 Å². The summed E-state index contributed by atoms with van der Waals surface area (Å²) in [5, 5.41) is 12.9. The van der Waals surface area contributed by atoms with Crippen molar-refractivity contribution in [3.63, 3.8) is 0 Å². The van der Waals surface area contributed by atoms with Gasteiger partial charge in [0.05, 0.1) is 6.54 Å². The third kappa shape index (κ3) is 4.30. The van der Waals surface area contributed by atoms with Crippen molar-refractivity contribution in [2.24, 2.45) is 0 Å². The van der Waals surface area contributed by atoms with E-state index in [0.717, 1.165) is 23.8 Å². The average molecular weight is 420 g/mol. The normalized spacial score (nSPS) is 10.9. The minimum Gasteiger partial charge on any atom is -0.477 e. The highest BCUT2D eigenvalue weighted by Gasteiger charge is 2.18. The fourth-order valence-corrected chi connectivity index (χ4v) is 3.47. The minimum atomic E-state index is -1.21. The quantitative estimate of drug-likeness (QED) is 0.479. The summed E-state index contributed by atoms with van der Waals surface area (Å²) >= 11 is 0. The number of fused-ring (bicyclic) bond motifs is 1. The summed E-state index contributed by atoms with van der Waals surface area (Å²) < 4.78 is 29.0. The van der Waals surface area contributed by atoms with Gasteiger partial charge >= 0.3 is 5.97 Å². The van der Waals surface area contributed by atoms with Gasteiger partial charge in [0.25, 0.3) is 5.91 Å². The van der Waals surface area contributed by atoms with Crippen molar-refractivity contribution < 1.29 is 23.5 Å². The molecule has 1 heterocycles. The van der Waals surface area contributed by atoms with E-state index in [4.69, 9.17) is 0 Å². The molecule has 4 aromatic rings. The summed E-state index contributed by atoms with van der Waals surface area (Å²) in [5.41, 5.74) is 1.77. The summed E-state index contributed by atoms with van der Waals surface area (Å²) in [6, 6.07) is 18.7. The molecule has 31 heavy (non-hydrogen) atoms. The largest absolute Gasteiger partial charge is 0.477 e. The predicted molar refractivity (Wildman–Crippen MR) is 112 cm³/mol. The van der Waals surface area contributed by atoms with Crippen molar-refractivity contribution in [3.8, 4) is 0 Å². The molecular weight excluding hydrogens is 402 g/mol. The minimum absolute atomic E-state index is 0.0321. The standard InChI is InChI=1S/C24H18F2N2O3/c25-19-7-8-20(26)18(11-19)14-28-21-9-6-16(10-17(21)12-22(28)24(30)31)23(29)27-13-15-4-2-1-3-5-15/h1-12H,13-14H2,(H,27,29)(H,30,31). The molecule has 0 bridgehead atoms. The van der Waals surface area contributed by atoms with Crippen LogP contribution in [0.4, 0.5) is 8.78 Å². The first-order valence-corrected chi connectivity index (χ1v) is 9.55. The van der Waals surface area contributed by atoms with Crippen molar-refractivity contribution >= 4 is 22.8 Å². The summed E-state index contributed by atoms with van der Waals surface area (Å²) in [5.74, 6) is -2.74. The second kappa shape index (κ2) is 8.39. The molecule has 0 atom stereocenters. The maximum absolute atomic E-state index is 14.1. The van der Waals surface area contributed by atoms with Gasteiger partial charge in [-0.25, -0.2) is 13.6 Å². The molecular formula is C24H18F2N2O3. The molecule has 0 spiro atoms. The van der Waals surface area contributed by atoms with Crippen LogP contribution in [0, 0.1) is 11.6 Å². The number of benzene rings is 3. The third-order valence-corrected chi connectivity index (χ3v) is 5.01. The Balaban J connectivity index is 1.65. The smallest absolute Gasteiger partial charge is 0.352 e. The molecule has 156 valence electrons. The number of hydrogen-bond donors (Lipinski definition) is 2. The van der Waals surface area contributed by atoms with E-state index in [1.54, 1.807) is 18.2 Å². The van der Waals surface area contributed by atoms with Gasteiger partial charge in [-0.2, -0.15) is 0 Å². The van der Waals surface area contributed by atoms with Crippen LogP contribution in [0.25, 0.3) is 10.9 Å². The summed E-state index contributed by atoms with van der Waals surface area (Å²) in [7, 11) is 0. The molecule has 7 heteroatoms. The number of rotatable bonds is 6. The highest BCUT2D eigenvalue weighted by Crippen LogP contribution is 2.24. The second-order valence-electron chi connectivity index (χ2n) is 7.10. The van der Waals surface area contributed by atoms with Crippen molar-refractivity contribution in [2.75, 3.05) is 0 Å². The number of carbonyl (C=O) groups is 2. The molecule has 0 saturated heterocycles. The van der Waals surface area contributed by atoms with Crippen LogP contribution in [0.3, 0.4) is 0 Å². The number of carbonyl (C=O) groups excluding carboxylic acids is 1. The van der Waals surface area contributed by atoms with Crippen LogP contribution in [-0.4, -0.2) is 21.6 Å². The van der Waals surface area contributed by atoms with E-state index in [-0.39, 0.29) is 23.7 Å². The van der Waals surface area contributed by atoms with E-state index >= 15 is 0 Å². The number of aromatic carboxylic acids is 1. The Morgan fingerprint density at radius 2 is 1.71 bits per heavy atom. The topological polar surface area (TPSA) is 71.3 Å². The fraction of sp³-hybridized carbons (Fsp3) is 0.0833. The molecule has 0 radical (unpaired) electrons. The Kier molecular flexibility index (Phi) is 5.49. The van der Waals surface area contributed by atoms with Gasteiger partial charge in [-0.3, -0.25) is 4.79 Å². The van der Waals surface area contributed by atoms with Crippen LogP contribution < -0.4 is 5.32 Å². The summed E-state index contributed by atoms with van der Waals surface area (Å²) in [6.45, 7) is 0.201. The van der Waals surface area contributed by atoms with Gasteiger partial charge in [0.2, 0.25) is 0 Å². The molecule has 0 aliphatic carbocycles. The molecule has 0 unspecified atom stereocenters. The lowest BCUT2D eigenvalue weighted by atomic mass is 10.1. The molecule has 0 saturated carbocycles. The first-order valence-electron chi connectivity index (χ1n) is 9.55. The van der Waals surface area contributed by atoms with Gasteiger partial charge in [-0.1, -0.05) is 30.3 Å². The SMILES string of the molecule is O=C(NCc1ccccc1)c1ccc2c(c1)cc(C(=O)O)n2Cc1cc(F)ccc1F. The molecule has 5 nitrogen and oxygen atoms in total. The Hall–Kier alpha value is -4.00. The number of halogens is 2. The molecule has 0 fully saturated rings. The highest BCUT2D eigenvalue weighted by atomic mass is 19.1. The zero-order chi connectivity index (χ0) is 22.0. The average Bonchev–Trinajstić information content (AvgIpc) is 3.13. The van der Waals surface area contributed by atoms with Crippen LogP contribution in [0.15, 0.2) is 72.8 Å². The molecule has 3 aromatic carbocycles. The number of aromatic nitrogens is 1. The number of nitrogens with zero attached hydrogens (tertiary/aromatic N) is 1. The van der Waals surface area contributed by atoms with Gasteiger partial charge in [-0.05, 0) is 48.0 Å². The van der Waals surface area contributed by atoms with Crippen LogP contribution in [0.2, 0.25) is 0 Å². The molecule has 0 aliphatic rings. The number of hydrogen-bond acceptors (Lipinski definition) is 2. The highest BCUT2D eigenvalue weighted by molar-refractivity contribution is 6.00. The van der Waals surface area contributed by atoms with E-state index in [9.17, 15) is 23.5 Å². The Morgan fingerprint density at radius 1 is 0.935 bits per heavy atom. The van der Waals surface area contributed by atoms with Crippen LogP contribution >= 0.6 is 0 Å². The third-order valence-electron chi connectivity index (χ3n) is 5.01. The van der Waals surface area contributed by atoms with E-state index in [2.05, 4.69) is 5.32 Å². The molecule has 1 aromatic heterocycles. The van der Waals surface area contributed by atoms with Gasteiger partial charge in [0.15, 0.2) is 0 Å². The molecule has 2 N–H and O–H groups in total. The van der Waals surface area contributed by atoms with Crippen molar-refractivity contribution in [1.29, 1.82) is 0 Å².